The van der Waals surface area contributed by atoms with Gasteiger partial charge in [-0.2, -0.15) is 0 Å². The summed E-state index contributed by atoms with van der Waals surface area (Å²) in [5.41, 5.74) is 1.93. The van der Waals surface area contributed by atoms with Gasteiger partial charge in [-0.15, -0.1) is 0 Å². The summed E-state index contributed by atoms with van der Waals surface area (Å²) >= 11 is 1.72. The number of nitrogens with zero attached hydrogens (tertiary/aromatic N) is 4. The maximum Gasteiger partial charge on any atom is 0.154 e. The summed E-state index contributed by atoms with van der Waals surface area (Å²) in [6, 6.07) is 26.7. The molecule has 0 atom stereocenters. The van der Waals surface area contributed by atoms with Crippen molar-refractivity contribution in [1.29, 1.82) is 0 Å². The first-order valence-corrected chi connectivity index (χ1v) is 9.87. The highest BCUT2D eigenvalue weighted by molar-refractivity contribution is 7.99. The minimum absolute atomic E-state index is 0.816. The molecule has 132 valence electrons. The molecule has 5 aromatic rings. The van der Waals surface area contributed by atoms with Gasteiger partial charge < -0.3 is 0 Å². The summed E-state index contributed by atoms with van der Waals surface area (Å²) in [6.45, 7) is 0. The monoisotopic (exact) mass is 378 g/mol. The van der Waals surface area contributed by atoms with E-state index in [0.29, 0.717) is 0 Å². The highest BCUT2D eigenvalue weighted by Gasteiger charge is 2.29. The van der Waals surface area contributed by atoms with Crippen LogP contribution in [0.5, 0.6) is 0 Å². The smallest absolute Gasteiger partial charge is 0.154 e. The molecule has 2 aromatic carbocycles. The average Bonchev–Trinajstić information content (AvgIpc) is 2.75. The zero-order valence-corrected chi connectivity index (χ0v) is 15.6. The molecule has 1 aliphatic rings. The lowest BCUT2D eigenvalue weighted by Crippen LogP contribution is -2.19. The molecule has 0 N–H and O–H groups in total. The van der Waals surface area contributed by atoms with E-state index in [1.165, 1.54) is 0 Å². The number of fused-ring (bicyclic) bond motifs is 4. The second-order valence-electron chi connectivity index (χ2n) is 6.63. The van der Waals surface area contributed by atoms with Crippen LogP contribution >= 0.6 is 11.8 Å². The molecule has 4 nitrogen and oxygen atoms in total. The van der Waals surface area contributed by atoms with Crippen molar-refractivity contribution in [3.63, 3.8) is 0 Å². The van der Waals surface area contributed by atoms with Crippen molar-refractivity contribution in [2.45, 2.75) is 9.79 Å². The summed E-state index contributed by atoms with van der Waals surface area (Å²) in [4.78, 5) is 18.8. The van der Waals surface area contributed by atoms with Crippen molar-refractivity contribution in [1.82, 2.24) is 15.0 Å². The summed E-state index contributed by atoms with van der Waals surface area (Å²) in [7, 11) is 0. The van der Waals surface area contributed by atoms with Crippen LogP contribution in [0.1, 0.15) is 0 Å². The Morgan fingerprint density at radius 2 is 1.21 bits per heavy atom. The van der Waals surface area contributed by atoms with Crippen LogP contribution in [-0.2, 0) is 0 Å². The molecule has 0 saturated heterocycles. The van der Waals surface area contributed by atoms with Crippen LogP contribution < -0.4 is 4.90 Å². The molecule has 1 aliphatic heterocycles. The lowest BCUT2D eigenvalue weighted by Gasteiger charge is -2.30. The van der Waals surface area contributed by atoms with E-state index < -0.39 is 0 Å². The molecular formula is C23H14N4S. The molecular weight excluding hydrogens is 364 g/mol. The van der Waals surface area contributed by atoms with Crippen molar-refractivity contribution < 1.29 is 0 Å². The first-order valence-electron chi connectivity index (χ1n) is 9.05. The van der Waals surface area contributed by atoms with E-state index in [1.807, 2.05) is 54.6 Å². The standard InChI is InChI=1S/C23H14N4S/c1-3-9-17-15(7-1)13-19-22(25-17)27(21-11-5-6-12-24-21)23-20(28-19)14-16-8-2-4-10-18(16)26-23/h1-14H. The minimum atomic E-state index is 0.816. The van der Waals surface area contributed by atoms with Gasteiger partial charge in [0.1, 0.15) is 5.82 Å². The Hall–Kier alpha value is -3.44. The van der Waals surface area contributed by atoms with Crippen LogP contribution in [0.4, 0.5) is 17.5 Å². The van der Waals surface area contributed by atoms with Crippen LogP contribution in [0, 0.1) is 0 Å². The first kappa shape index (κ1) is 15.6. The summed E-state index contributed by atoms with van der Waals surface area (Å²) in [5, 5.41) is 2.26. The van der Waals surface area contributed by atoms with Gasteiger partial charge in [0.05, 0.1) is 20.8 Å². The molecule has 5 heteroatoms. The van der Waals surface area contributed by atoms with E-state index in [4.69, 9.17) is 9.97 Å². The van der Waals surface area contributed by atoms with Crippen LogP contribution in [-0.4, -0.2) is 15.0 Å². The fraction of sp³-hybridized carbons (Fsp3) is 0. The van der Waals surface area contributed by atoms with Crippen LogP contribution in [0.15, 0.2) is 94.9 Å². The van der Waals surface area contributed by atoms with Crippen molar-refractivity contribution in [2.75, 3.05) is 4.90 Å². The highest BCUT2D eigenvalue weighted by atomic mass is 32.2. The summed E-state index contributed by atoms with van der Waals surface area (Å²) < 4.78 is 0. The van der Waals surface area contributed by atoms with Crippen molar-refractivity contribution >= 4 is 51.0 Å². The van der Waals surface area contributed by atoms with E-state index in [0.717, 1.165) is 49.1 Å². The van der Waals surface area contributed by atoms with E-state index in [9.17, 15) is 0 Å². The Morgan fingerprint density at radius 1 is 0.643 bits per heavy atom. The molecule has 0 bridgehead atoms. The maximum absolute atomic E-state index is 4.98. The quantitative estimate of drug-likeness (QED) is 0.345. The molecule has 0 aliphatic carbocycles. The predicted octanol–water partition coefficient (Wildman–Crippen LogP) is 6.11. The molecule has 0 fully saturated rings. The van der Waals surface area contributed by atoms with Crippen molar-refractivity contribution in [2.24, 2.45) is 0 Å². The number of pyridine rings is 3. The van der Waals surface area contributed by atoms with E-state index in [-0.39, 0.29) is 0 Å². The number of rotatable bonds is 1. The number of benzene rings is 2. The molecule has 0 saturated carbocycles. The van der Waals surface area contributed by atoms with Crippen LogP contribution in [0.3, 0.4) is 0 Å². The topological polar surface area (TPSA) is 41.9 Å². The SMILES string of the molecule is c1ccc(N2c3nc4ccccc4cc3Sc3cc4ccccc4nc32)nc1. The number of hydrogen-bond acceptors (Lipinski definition) is 5. The van der Waals surface area contributed by atoms with Gasteiger partial charge in [-0.1, -0.05) is 54.2 Å². The van der Waals surface area contributed by atoms with Gasteiger partial charge in [0.2, 0.25) is 0 Å². The van der Waals surface area contributed by atoms with Crippen molar-refractivity contribution in [3.05, 3.63) is 85.1 Å². The number of aromatic nitrogens is 3. The van der Waals surface area contributed by atoms with E-state index >= 15 is 0 Å². The zero-order chi connectivity index (χ0) is 18.5. The lowest BCUT2D eigenvalue weighted by molar-refractivity contribution is 1.04. The Kier molecular flexibility index (Phi) is 3.36. The van der Waals surface area contributed by atoms with E-state index in [1.54, 1.807) is 18.0 Å². The Morgan fingerprint density at radius 3 is 1.79 bits per heavy atom. The lowest BCUT2D eigenvalue weighted by atomic mass is 10.2. The molecule has 0 radical (unpaired) electrons. The molecule has 0 spiro atoms. The Balaban J connectivity index is 1.67. The van der Waals surface area contributed by atoms with Gasteiger partial charge in [0.15, 0.2) is 11.6 Å². The Labute approximate surface area is 165 Å². The summed E-state index contributed by atoms with van der Waals surface area (Å²) in [5.74, 6) is 2.56. The number of para-hydroxylation sites is 2. The van der Waals surface area contributed by atoms with Gasteiger partial charge in [-0.25, -0.2) is 15.0 Å². The molecule has 3 aromatic heterocycles. The number of anilines is 3. The third kappa shape index (κ3) is 2.37. The van der Waals surface area contributed by atoms with Crippen molar-refractivity contribution in [3.8, 4) is 0 Å². The van der Waals surface area contributed by atoms with Gasteiger partial charge in [-0.3, -0.25) is 4.90 Å². The van der Waals surface area contributed by atoms with Gasteiger partial charge in [-0.05, 0) is 36.4 Å². The molecule has 0 unspecified atom stereocenters. The fourth-order valence-electron chi connectivity index (χ4n) is 3.57. The summed E-state index contributed by atoms with van der Waals surface area (Å²) in [6.07, 6.45) is 1.80. The minimum Gasteiger partial charge on any atom is -0.260 e. The normalized spacial score (nSPS) is 12.8. The largest absolute Gasteiger partial charge is 0.260 e. The fourth-order valence-corrected chi connectivity index (χ4v) is 4.63. The molecule has 4 heterocycles. The highest BCUT2D eigenvalue weighted by Crippen LogP contribution is 2.50. The zero-order valence-electron chi connectivity index (χ0n) is 14.8. The second-order valence-corrected chi connectivity index (χ2v) is 7.71. The van der Waals surface area contributed by atoms with Crippen LogP contribution in [0.25, 0.3) is 21.8 Å². The van der Waals surface area contributed by atoms with E-state index in [2.05, 4.69) is 34.1 Å². The maximum atomic E-state index is 4.98. The third-order valence-corrected chi connectivity index (χ3v) is 5.90. The Bertz CT molecular complexity index is 1270. The molecule has 28 heavy (non-hydrogen) atoms. The average molecular weight is 378 g/mol. The molecule has 0 amide bonds. The van der Waals surface area contributed by atoms with Gasteiger partial charge in [0, 0.05) is 17.0 Å². The molecule has 6 rings (SSSR count). The van der Waals surface area contributed by atoms with Crippen LogP contribution in [0.2, 0.25) is 0 Å². The number of hydrogen-bond donors (Lipinski definition) is 0. The third-order valence-electron chi connectivity index (χ3n) is 4.86. The first-order chi connectivity index (χ1) is 13.9. The van der Waals surface area contributed by atoms with Gasteiger partial charge in [0.25, 0.3) is 0 Å². The van der Waals surface area contributed by atoms with Gasteiger partial charge >= 0.3 is 0 Å². The predicted molar refractivity (Wildman–Crippen MR) is 114 cm³/mol. The second kappa shape index (κ2) is 6.04.